The van der Waals surface area contributed by atoms with Gasteiger partial charge in [-0.3, -0.25) is 4.79 Å². The molecule has 0 aliphatic carbocycles. The number of aromatic nitrogens is 1. The molecule has 0 fully saturated rings. The fourth-order valence-electron chi connectivity index (χ4n) is 3.41. The predicted molar refractivity (Wildman–Crippen MR) is 121 cm³/mol. The van der Waals surface area contributed by atoms with Gasteiger partial charge in [-0.2, -0.15) is 0 Å². The highest BCUT2D eigenvalue weighted by atomic mass is 35.5. The number of aromatic amines is 1. The number of para-hydroxylation sites is 1. The van der Waals surface area contributed by atoms with E-state index in [2.05, 4.69) is 4.98 Å². The number of rotatable bonds is 5. The molecule has 4 aromatic rings. The van der Waals surface area contributed by atoms with Crippen molar-refractivity contribution in [3.05, 3.63) is 87.7 Å². The van der Waals surface area contributed by atoms with Gasteiger partial charge < -0.3 is 19.7 Å². The Kier molecular flexibility index (Phi) is 5.48. The van der Waals surface area contributed by atoms with E-state index in [9.17, 15) is 9.90 Å². The van der Waals surface area contributed by atoms with Crippen molar-refractivity contribution in [2.24, 2.45) is 0 Å². The number of aromatic hydroxyl groups is 1. The molecule has 0 spiro atoms. The van der Waals surface area contributed by atoms with Crippen molar-refractivity contribution >= 4 is 22.5 Å². The molecular formula is C24H21ClN2O3. The molecule has 6 heteroatoms. The Morgan fingerprint density at radius 2 is 1.80 bits per heavy atom. The molecule has 0 unspecified atom stereocenters. The predicted octanol–water partition coefficient (Wildman–Crippen LogP) is 5.41. The van der Waals surface area contributed by atoms with Gasteiger partial charge in [0, 0.05) is 22.5 Å². The molecule has 0 amide bonds. The molecule has 1 aromatic heterocycles. The molecule has 0 saturated heterocycles. The molecule has 152 valence electrons. The standard InChI is InChI=1S/C24H21ClN2O3/c1-27(2)14-16-9-8-15(12-21(16)30-18-6-4-3-5-7-18)22-23(28)19-11-10-17(25)13-20(19)26-24(22)29/h3-13H,14H2,1-2H3,(H2,26,28,29). The lowest BCUT2D eigenvalue weighted by molar-refractivity contribution is 0.388. The average Bonchev–Trinajstić information content (AvgIpc) is 2.70. The second-order valence-corrected chi connectivity index (χ2v) is 7.78. The van der Waals surface area contributed by atoms with Crippen molar-refractivity contribution in [1.82, 2.24) is 9.88 Å². The molecule has 0 atom stereocenters. The second-order valence-electron chi connectivity index (χ2n) is 7.34. The van der Waals surface area contributed by atoms with E-state index in [0.29, 0.717) is 39.5 Å². The van der Waals surface area contributed by atoms with Gasteiger partial charge in [-0.25, -0.2) is 0 Å². The third kappa shape index (κ3) is 4.03. The lowest BCUT2D eigenvalue weighted by Gasteiger charge is -2.17. The lowest BCUT2D eigenvalue weighted by Crippen LogP contribution is -2.12. The Balaban J connectivity index is 1.86. The highest BCUT2D eigenvalue weighted by Crippen LogP contribution is 2.36. The van der Waals surface area contributed by atoms with Gasteiger partial charge in [-0.05, 0) is 56.1 Å². The van der Waals surface area contributed by atoms with E-state index in [-0.39, 0.29) is 11.3 Å². The first-order chi connectivity index (χ1) is 14.4. The zero-order chi connectivity index (χ0) is 21.3. The minimum atomic E-state index is -0.395. The molecule has 0 bridgehead atoms. The molecule has 0 aliphatic rings. The summed E-state index contributed by atoms with van der Waals surface area (Å²) in [6.45, 7) is 0.668. The molecule has 30 heavy (non-hydrogen) atoms. The summed E-state index contributed by atoms with van der Waals surface area (Å²) in [5, 5.41) is 11.9. The van der Waals surface area contributed by atoms with Gasteiger partial charge in [-0.1, -0.05) is 41.9 Å². The van der Waals surface area contributed by atoms with Gasteiger partial charge >= 0.3 is 0 Å². The van der Waals surface area contributed by atoms with Crippen LogP contribution in [0.25, 0.3) is 22.0 Å². The summed E-state index contributed by atoms with van der Waals surface area (Å²) >= 11 is 6.01. The van der Waals surface area contributed by atoms with Crippen LogP contribution in [0.2, 0.25) is 5.02 Å². The first-order valence-corrected chi connectivity index (χ1v) is 9.85. The summed E-state index contributed by atoms with van der Waals surface area (Å²) in [6, 6.07) is 20.0. The number of fused-ring (bicyclic) bond motifs is 1. The van der Waals surface area contributed by atoms with Crippen LogP contribution < -0.4 is 10.3 Å². The van der Waals surface area contributed by atoms with Crippen LogP contribution in [-0.2, 0) is 6.54 Å². The van der Waals surface area contributed by atoms with Crippen molar-refractivity contribution in [3.8, 4) is 28.4 Å². The zero-order valence-corrected chi connectivity index (χ0v) is 17.4. The minimum Gasteiger partial charge on any atom is -0.506 e. The number of nitrogens with zero attached hydrogens (tertiary/aromatic N) is 1. The van der Waals surface area contributed by atoms with Crippen LogP contribution in [0, 0.1) is 0 Å². The average molecular weight is 421 g/mol. The van der Waals surface area contributed by atoms with Gasteiger partial charge in [0.25, 0.3) is 5.56 Å². The number of H-pyrrole nitrogens is 1. The Morgan fingerprint density at radius 3 is 2.53 bits per heavy atom. The first-order valence-electron chi connectivity index (χ1n) is 9.48. The zero-order valence-electron chi connectivity index (χ0n) is 16.6. The highest BCUT2D eigenvalue weighted by Gasteiger charge is 2.17. The number of pyridine rings is 1. The van der Waals surface area contributed by atoms with Crippen molar-refractivity contribution < 1.29 is 9.84 Å². The summed E-state index contributed by atoms with van der Waals surface area (Å²) in [5.74, 6) is 1.24. The largest absolute Gasteiger partial charge is 0.506 e. The van der Waals surface area contributed by atoms with E-state index in [4.69, 9.17) is 16.3 Å². The highest BCUT2D eigenvalue weighted by molar-refractivity contribution is 6.31. The van der Waals surface area contributed by atoms with Crippen molar-refractivity contribution in [1.29, 1.82) is 0 Å². The molecular weight excluding hydrogens is 400 g/mol. The molecule has 0 aliphatic heterocycles. The van der Waals surface area contributed by atoms with Gasteiger partial charge in [-0.15, -0.1) is 0 Å². The van der Waals surface area contributed by atoms with Crippen LogP contribution in [0.4, 0.5) is 0 Å². The summed E-state index contributed by atoms with van der Waals surface area (Å²) in [6.07, 6.45) is 0. The van der Waals surface area contributed by atoms with Crippen LogP contribution in [-0.4, -0.2) is 29.1 Å². The Bertz CT molecular complexity index is 1270. The van der Waals surface area contributed by atoms with E-state index in [0.717, 1.165) is 5.56 Å². The van der Waals surface area contributed by atoms with Crippen molar-refractivity contribution in [3.63, 3.8) is 0 Å². The number of hydrogen-bond donors (Lipinski definition) is 2. The van der Waals surface area contributed by atoms with Crippen LogP contribution in [0.5, 0.6) is 17.2 Å². The fraction of sp³-hybridized carbons (Fsp3) is 0.125. The quantitative estimate of drug-likeness (QED) is 0.453. The Morgan fingerprint density at radius 1 is 1.03 bits per heavy atom. The minimum absolute atomic E-state index is 0.0866. The van der Waals surface area contributed by atoms with Crippen LogP contribution in [0.1, 0.15) is 5.56 Å². The molecule has 2 N–H and O–H groups in total. The first kappa shape index (κ1) is 20.0. The Labute approximate surface area is 179 Å². The second kappa shape index (κ2) is 8.22. The summed E-state index contributed by atoms with van der Waals surface area (Å²) in [4.78, 5) is 17.6. The topological polar surface area (TPSA) is 65.6 Å². The maximum atomic E-state index is 12.8. The van der Waals surface area contributed by atoms with Crippen LogP contribution >= 0.6 is 11.6 Å². The number of halogens is 1. The molecule has 0 radical (unpaired) electrons. The number of hydrogen-bond acceptors (Lipinski definition) is 4. The van der Waals surface area contributed by atoms with E-state index < -0.39 is 5.56 Å². The number of ether oxygens (including phenoxy) is 1. The van der Waals surface area contributed by atoms with Gasteiger partial charge in [0.15, 0.2) is 0 Å². The summed E-state index contributed by atoms with van der Waals surface area (Å²) in [7, 11) is 3.95. The molecule has 5 nitrogen and oxygen atoms in total. The SMILES string of the molecule is CN(C)Cc1ccc(-c2c(O)c3ccc(Cl)cc3[nH]c2=O)cc1Oc1ccccc1. The molecule has 4 rings (SSSR count). The van der Waals surface area contributed by atoms with Gasteiger partial charge in [0.1, 0.15) is 17.2 Å². The maximum absolute atomic E-state index is 12.8. The maximum Gasteiger partial charge on any atom is 0.260 e. The van der Waals surface area contributed by atoms with E-state index in [1.54, 1.807) is 24.3 Å². The Hall–Kier alpha value is -3.28. The van der Waals surface area contributed by atoms with Crippen LogP contribution in [0.3, 0.4) is 0 Å². The fourth-order valence-corrected chi connectivity index (χ4v) is 3.59. The van der Waals surface area contributed by atoms with Crippen molar-refractivity contribution in [2.75, 3.05) is 14.1 Å². The molecule has 3 aromatic carbocycles. The van der Waals surface area contributed by atoms with Crippen LogP contribution in [0.15, 0.2) is 71.5 Å². The summed E-state index contributed by atoms with van der Waals surface area (Å²) < 4.78 is 6.12. The monoisotopic (exact) mass is 420 g/mol. The summed E-state index contributed by atoms with van der Waals surface area (Å²) in [5.41, 5.74) is 1.82. The third-order valence-corrected chi connectivity index (χ3v) is 5.00. The van der Waals surface area contributed by atoms with Gasteiger partial charge in [0.05, 0.1) is 11.1 Å². The third-order valence-electron chi connectivity index (χ3n) is 4.76. The van der Waals surface area contributed by atoms with E-state index in [1.807, 2.05) is 61.5 Å². The van der Waals surface area contributed by atoms with Gasteiger partial charge in [0.2, 0.25) is 0 Å². The normalized spacial score (nSPS) is 11.2. The molecule has 0 saturated carbocycles. The molecule has 1 heterocycles. The van der Waals surface area contributed by atoms with Crippen molar-refractivity contribution in [2.45, 2.75) is 6.54 Å². The lowest BCUT2D eigenvalue weighted by atomic mass is 10.0. The van der Waals surface area contributed by atoms with E-state index >= 15 is 0 Å². The van der Waals surface area contributed by atoms with E-state index in [1.165, 1.54) is 0 Å². The number of benzene rings is 3. The number of nitrogens with one attached hydrogen (secondary N) is 1. The smallest absolute Gasteiger partial charge is 0.260 e.